The van der Waals surface area contributed by atoms with Gasteiger partial charge in [0.25, 0.3) is 0 Å². The molecule has 0 spiro atoms. The number of rotatable bonds is 4. The number of allylic oxidation sites excluding steroid dienone is 4. The molecule has 2 N–H and O–H groups in total. The van der Waals surface area contributed by atoms with Gasteiger partial charge in [0.05, 0.1) is 11.1 Å². The Balaban J connectivity index is 1.88. The summed E-state index contributed by atoms with van der Waals surface area (Å²) in [6.07, 6.45) is 4.59. The van der Waals surface area contributed by atoms with E-state index < -0.39 is 31.4 Å². The molecule has 0 saturated carbocycles. The average molecular weight is 490 g/mol. The van der Waals surface area contributed by atoms with Crippen LogP contribution in [0.1, 0.15) is 38.8 Å². The highest BCUT2D eigenvalue weighted by Gasteiger charge is 2.49. The molecule has 0 aromatic heterocycles. The first kappa shape index (κ1) is 23.4. The van der Waals surface area contributed by atoms with E-state index in [-0.39, 0.29) is 0 Å². The van der Waals surface area contributed by atoms with Gasteiger partial charge in [-0.3, -0.25) is 4.55 Å². The lowest BCUT2D eigenvalue weighted by Gasteiger charge is -2.24. The van der Waals surface area contributed by atoms with E-state index in [1.165, 1.54) is 18.2 Å². The molecule has 2 aliphatic rings. The number of hydrogen-bond donors (Lipinski definition) is 2. The Hall–Kier alpha value is -2.79. The topological polar surface area (TPSA) is 115 Å². The molecular formula is C23H25N2O6S2+. The molecule has 0 bridgehead atoms. The Labute approximate surface area is 194 Å². The summed E-state index contributed by atoms with van der Waals surface area (Å²) >= 11 is 0. The Morgan fingerprint density at radius 3 is 2.03 bits per heavy atom. The fraction of sp³-hybridized carbons (Fsp3) is 0.261. The summed E-state index contributed by atoms with van der Waals surface area (Å²) in [5, 5.41) is 0. The zero-order chi connectivity index (χ0) is 24.4. The average Bonchev–Trinajstić information content (AvgIpc) is 3.07. The van der Waals surface area contributed by atoms with Gasteiger partial charge in [-0.25, -0.2) is 8.86 Å². The summed E-state index contributed by atoms with van der Waals surface area (Å²) in [7, 11) is -9.22. The third kappa shape index (κ3) is 3.63. The van der Waals surface area contributed by atoms with Crippen LogP contribution in [0.25, 0.3) is 0 Å². The predicted molar refractivity (Wildman–Crippen MR) is 127 cm³/mol. The van der Waals surface area contributed by atoms with Crippen LogP contribution in [-0.2, 0) is 31.4 Å². The molecule has 0 radical (unpaired) electrons. The third-order valence-corrected chi connectivity index (χ3v) is 7.99. The maximum absolute atomic E-state index is 12.2. The van der Waals surface area contributed by atoms with E-state index in [0.717, 1.165) is 19.4 Å². The second-order valence-corrected chi connectivity index (χ2v) is 11.6. The van der Waals surface area contributed by atoms with Crippen LogP contribution in [-0.4, -0.2) is 35.6 Å². The molecule has 8 nitrogen and oxygen atoms in total. The van der Waals surface area contributed by atoms with Crippen LogP contribution in [0.5, 0.6) is 0 Å². The predicted octanol–water partition coefficient (Wildman–Crippen LogP) is 3.91. The molecule has 0 atom stereocenters. The van der Waals surface area contributed by atoms with Crippen LogP contribution >= 0.6 is 0 Å². The summed E-state index contributed by atoms with van der Waals surface area (Å²) in [5.74, 6) is 0. The second-order valence-electron chi connectivity index (χ2n) is 9.06. The van der Waals surface area contributed by atoms with Gasteiger partial charge in [-0.1, -0.05) is 60.3 Å². The first-order chi connectivity index (χ1) is 15.2. The van der Waals surface area contributed by atoms with Gasteiger partial charge in [0.15, 0.2) is 0 Å². The number of nitrogens with zero attached hydrogens (tertiary/aromatic N) is 2. The minimum absolute atomic E-state index is 0.301. The second kappa shape index (κ2) is 7.36. The minimum atomic E-state index is -4.61. The highest BCUT2D eigenvalue weighted by molar-refractivity contribution is 7.87. The van der Waals surface area contributed by atoms with Crippen LogP contribution in [0.3, 0.4) is 0 Å². The summed E-state index contributed by atoms with van der Waals surface area (Å²) < 4.78 is 70.6. The normalized spacial score (nSPS) is 20.5. The number of anilines is 1. The summed E-state index contributed by atoms with van der Waals surface area (Å²) in [6, 6.07) is 13.8. The Bertz CT molecular complexity index is 1470. The van der Waals surface area contributed by atoms with Crippen LogP contribution in [0.4, 0.5) is 11.4 Å². The highest BCUT2D eigenvalue weighted by Crippen LogP contribution is 2.48. The van der Waals surface area contributed by atoms with E-state index in [1.807, 2.05) is 27.7 Å². The van der Waals surface area contributed by atoms with Gasteiger partial charge in [-0.2, -0.15) is 8.42 Å². The van der Waals surface area contributed by atoms with Crippen molar-refractivity contribution in [3.63, 3.8) is 0 Å². The highest BCUT2D eigenvalue weighted by atomic mass is 32.2. The van der Waals surface area contributed by atoms with Crippen LogP contribution < -0.4 is 4.31 Å². The van der Waals surface area contributed by atoms with E-state index in [0.29, 0.717) is 22.8 Å². The maximum Gasteiger partial charge on any atom is 0.512 e. The third-order valence-electron chi connectivity index (χ3n) is 6.28. The van der Waals surface area contributed by atoms with Crippen molar-refractivity contribution in [1.29, 1.82) is 0 Å². The Morgan fingerprint density at radius 2 is 1.42 bits per heavy atom. The monoisotopic (exact) mass is 489 g/mol. The van der Waals surface area contributed by atoms with Crippen molar-refractivity contribution >= 4 is 37.7 Å². The van der Waals surface area contributed by atoms with Crippen molar-refractivity contribution in [3.05, 3.63) is 83.6 Å². The van der Waals surface area contributed by atoms with Gasteiger partial charge >= 0.3 is 20.6 Å². The lowest BCUT2D eigenvalue weighted by Crippen LogP contribution is -2.31. The summed E-state index contributed by atoms with van der Waals surface area (Å²) in [5.41, 5.74) is 1.25. The lowest BCUT2D eigenvalue weighted by molar-refractivity contribution is -0.269. The molecule has 0 unspecified atom stereocenters. The molecule has 0 saturated heterocycles. The zero-order valence-corrected chi connectivity index (χ0v) is 20.2. The van der Waals surface area contributed by atoms with Crippen molar-refractivity contribution in [1.82, 2.24) is 0 Å². The number of fused-ring (bicyclic) bond motifs is 2. The van der Waals surface area contributed by atoms with Gasteiger partial charge in [-0.05, 0) is 31.6 Å². The Morgan fingerprint density at radius 1 is 0.848 bits per heavy atom. The van der Waals surface area contributed by atoms with Crippen molar-refractivity contribution in [2.75, 3.05) is 4.31 Å². The van der Waals surface area contributed by atoms with Crippen molar-refractivity contribution in [2.45, 2.75) is 38.5 Å². The minimum Gasteiger partial charge on any atom is -0.269 e. The van der Waals surface area contributed by atoms with Crippen molar-refractivity contribution in [2.24, 2.45) is 0 Å². The number of benzene rings is 2. The molecule has 0 aliphatic carbocycles. The van der Waals surface area contributed by atoms with Gasteiger partial charge in [0.1, 0.15) is 0 Å². The quantitative estimate of drug-likeness (QED) is 0.497. The first-order valence-corrected chi connectivity index (χ1v) is 13.0. The fourth-order valence-electron chi connectivity index (χ4n) is 4.68. The molecule has 2 aromatic carbocycles. The van der Waals surface area contributed by atoms with Crippen molar-refractivity contribution in [3.8, 4) is 0 Å². The fourth-order valence-corrected chi connectivity index (χ4v) is 6.57. The number of hydrogen-bond acceptors (Lipinski definition) is 4. The van der Waals surface area contributed by atoms with Crippen LogP contribution in [0.2, 0.25) is 0 Å². The van der Waals surface area contributed by atoms with E-state index >= 15 is 0 Å². The van der Waals surface area contributed by atoms with Gasteiger partial charge in [0.2, 0.25) is 11.4 Å². The smallest absolute Gasteiger partial charge is 0.269 e. The maximum atomic E-state index is 12.2. The molecule has 33 heavy (non-hydrogen) atoms. The summed E-state index contributed by atoms with van der Waals surface area (Å²) in [4.78, 5) is 0. The van der Waals surface area contributed by atoms with E-state index in [2.05, 4.69) is 0 Å². The molecule has 10 heteroatoms. The van der Waals surface area contributed by atoms with Gasteiger partial charge < -0.3 is 0 Å². The summed E-state index contributed by atoms with van der Waals surface area (Å²) in [6.45, 7) is 7.35. The zero-order valence-electron chi connectivity index (χ0n) is 18.6. The van der Waals surface area contributed by atoms with E-state index in [4.69, 9.17) is 0 Å². The van der Waals surface area contributed by atoms with Gasteiger partial charge in [-0.15, -0.1) is 8.42 Å². The van der Waals surface area contributed by atoms with Gasteiger partial charge in [0, 0.05) is 28.8 Å². The van der Waals surface area contributed by atoms with E-state index in [9.17, 15) is 25.9 Å². The molecule has 0 amide bonds. The first-order valence-electron chi connectivity index (χ1n) is 10.2. The molecule has 0 fully saturated rings. The molecule has 2 aromatic rings. The van der Waals surface area contributed by atoms with E-state index in [1.54, 1.807) is 48.5 Å². The molecular weight excluding hydrogens is 464 g/mol. The van der Waals surface area contributed by atoms with Crippen molar-refractivity contribution < 1.29 is 29.9 Å². The molecule has 4 rings (SSSR count). The largest absolute Gasteiger partial charge is 0.512 e. The molecule has 174 valence electrons. The Kier molecular flexibility index (Phi) is 5.21. The number of para-hydroxylation sites is 2. The SMILES string of the molecule is CC1(C)C(/C=C/C=C2/N(S(=O)(=O)O)c3ccccc3C2(C)C)=[N+](S(=O)(=O)O)c2ccccc21. The molecule has 2 aliphatic heterocycles. The standard InChI is InChI=1S/C23H24N2O6S2/c1-22(2)16-10-5-7-12-18(16)24(32(26,27)28)20(22)14-9-15-21-23(3,4)17-11-6-8-13-19(17)25(21)33(29,30)31/h5-15H,1-4H3,(H-,26,27,28,29,30,31)/p+1. The van der Waals surface area contributed by atoms with Crippen LogP contribution in [0, 0.1) is 0 Å². The van der Waals surface area contributed by atoms with Crippen LogP contribution in [0.15, 0.2) is 72.5 Å². The lowest BCUT2D eigenvalue weighted by atomic mass is 9.81. The molecule has 2 heterocycles.